The molecule has 2 amide bonds. The summed E-state index contributed by atoms with van der Waals surface area (Å²) in [5.41, 5.74) is -0.838. The number of hydrogen-bond acceptors (Lipinski definition) is 4. The van der Waals surface area contributed by atoms with E-state index >= 15 is 0 Å². The number of rotatable bonds is 11. The number of halogens is 4. The van der Waals surface area contributed by atoms with Gasteiger partial charge in [-0.05, 0) is 74.4 Å². The number of amides is 2. The number of carbonyl (C=O) groups is 2. The Balaban J connectivity index is 1.85. The Morgan fingerprint density at radius 1 is 0.809 bits per heavy atom. The summed E-state index contributed by atoms with van der Waals surface area (Å²) in [7, 11) is -4.56. The number of hydrogen-bond donors (Lipinski definition) is 1. The van der Waals surface area contributed by atoms with Crippen LogP contribution in [0.3, 0.4) is 0 Å². The lowest BCUT2D eigenvalue weighted by molar-refractivity contribution is -0.140. The third kappa shape index (κ3) is 9.59. The van der Waals surface area contributed by atoms with E-state index in [9.17, 15) is 31.2 Å². The summed E-state index contributed by atoms with van der Waals surface area (Å²) in [4.78, 5) is 29.4. The van der Waals surface area contributed by atoms with Crippen molar-refractivity contribution in [3.63, 3.8) is 0 Å². The molecular weight excluding hydrogens is 651 g/mol. The predicted molar refractivity (Wildman–Crippen MR) is 176 cm³/mol. The fourth-order valence-electron chi connectivity index (χ4n) is 4.92. The molecule has 4 rings (SSSR count). The molecule has 4 aromatic rings. The van der Waals surface area contributed by atoms with Crippen LogP contribution in [0.4, 0.5) is 18.9 Å². The molecule has 0 fully saturated rings. The molecule has 1 N–H and O–H groups in total. The maximum atomic E-state index is 14.5. The number of nitrogens with zero attached hydrogens (tertiary/aromatic N) is 2. The average molecular weight is 686 g/mol. The zero-order chi connectivity index (χ0) is 34.4. The molecule has 0 aliphatic rings. The number of anilines is 1. The largest absolute Gasteiger partial charge is 0.416 e. The molecule has 0 aliphatic carbocycles. The van der Waals surface area contributed by atoms with Crippen molar-refractivity contribution in [1.29, 1.82) is 0 Å². The van der Waals surface area contributed by atoms with Crippen LogP contribution in [-0.2, 0) is 38.8 Å². The summed E-state index contributed by atoms with van der Waals surface area (Å²) in [6, 6.07) is 25.4. The Morgan fingerprint density at radius 3 is 2.00 bits per heavy atom. The Bertz CT molecular complexity index is 1800. The van der Waals surface area contributed by atoms with E-state index in [1.807, 2.05) is 6.07 Å². The number of carbonyl (C=O) groups excluding carboxylic acids is 2. The zero-order valence-electron chi connectivity index (χ0n) is 26.0. The zero-order valence-corrected chi connectivity index (χ0v) is 27.6. The number of nitrogens with one attached hydrogen (secondary N) is 1. The maximum absolute atomic E-state index is 14.5. The van der Waals surface area contributed by atoms with Crippen molar-refractivity contribution in [2.24, 2.45) is 0 Å². The molecule has 12 heteroatoms. The van der Waals surface area contributed by atoms with Gasteiger partial charge in [0.05, 0.1) is 16.1 Å². The van der Waals surface area contributed by atoms with Crippen LogP contribution < -0.4 is 9.62 Å². The van der Waals surface area contributed by atoms with Crippen LogP contribution in [0, 0.1) is 0 Å². The van der Waals surface area contributed by atoms with E-state index in [0.717, 1.165) is 17.7 Å². The molecule has 0 heterocycles. The van der Waals surface area contributed by atoms with Gasteiger partial charge in [0.1, 0.15) is 12.6 Å². The van der Waals surface area contributed by atoms with Crippen molar-refractivity contribution in [3.8, 4) is 0 Å². The SMILES string of the molecule is CC(C)(C)NC(=O)C(Cc1ccccc1)N(Cc1cccc(Cl)c1)C(=O)CN(c1cccc(C(F)(F)F)c1)S(=O)(=O)c1ccccc1. The average Bonchev–Trinajstić information content (AvgIpc) is 3.01. The summed E-state index contributed by atoms with van der Waals surface area (Å²) >= 11 is 6.25. The van der Waals surface area contributed by atoms with Crippen molar-refractivity contribution in [2.75, 3.05) is 10.8 Å². The van der Waals surface area contributed by atoms with Crippen molar-refractivity contribution < 1.29 is 31.2 Å². The summed E-state index contributed by atoms with van der Waals surface area (Å²) < 4.78 is 69.9. The van der Waals surface area contributed by atoms with Gasteiger partial charge < -0.3 is 10.2 Å². The van der Waals surface area contributed by atoms with Gasteiger partial charge in [0, 0.05) is 23.5 Å². The van der Waals surface area contributed by atoms with E-state index in [4.69, 9.17) is 11.6 Å². The first-order valence-corrected chi connectivity index (χ1v) is 16.5. The van der Waals surface area contributed by atoms with E-state index in [-0.39, 0.29) is 23.5 Å². The molecule has 0 aliphatic heterocycles. The van der Waals surface area contributed by atoms with Crippen molar-refractivity contribution in [1.82, 2.24) is 10.2 Å². The van der Waals surface area contributed by atoms with E-state index in [1.54, 1.807) is 75.4 Å². The monoisotopic (exact) mass is 685 g/mol. The third-order valence-corrected chi connectivity index (χ3v) is 9.11. The molecule has 47 heavy (non-hydrogen) atoms. The highest BCUT2D eigenvalue weighted by Crippen LogP contribution is 2.33. The van der Waals surface area contributed by atoms with Crippen molar-refractivity contribution >= 4 is 39.1 Å². The van der Waals surface area contributed by atoms with Gasteiger partial charge in [-0.1, -0.05) is 78.3 Å². The van der Waals surface area contributed by atoms with E-state index in [0.29, 0.717) is 21.0 Å². The molecule has 7 nitrogen and oxygen atoms in total. The molecular formula is C35H35ClF3N3O4S. The molecule has 1 unspecified atom stereocenters. The van der Waals surface area contributed by atoms with Gasteiger partial charge in [0.15, 0.2) is 0 Å². The summed E-state index contributed by atoms with van der Waals surface area (Å²) in [5, 5.41) is 3.30. The van der Waals surface area contributed by atoms with Gasteiger partial charge in [-0.25, -0.2) is 8.42 Å². The topological polar surface area (TPSA) is 86.8 Å². The second-order valence-corrected chi connectivity index (χ2v) is 14.3. The normalized spacial score (nSPS) is 12.7. The second-order valence-electron chi connectivity index (χ2n) is 12.0. The Morgan fingerprint density at radius 2 is 1.40 bits per heavy atom. The fourth-order valence-corrected chi connectivity index (χ4v) is 6.56. The smallest absolute Gasteiger partial charge is 0.350 e. The minimum Gasteiger partial charge on any atom is -0.350 e. The highest BCUT2D eigenvalue weighted by atomic mass is 35.5. The minimum atomic E-state index is -4.77. The molecule has 248 valence electrons. The van der Waals surface area contributed by atoms with Gasteiger partial charge in [0.2, 0.25) is 11.8 Å². The molecule has 0 radical (unpaired) electrons. The maximum Gasteiger partial charge on any atom is 0.416 e. The van der Waals surface area contributed by atoms with Gasteiger partial charge in [-0.15, -0.1) is 0 Å². The minimum absolute atomic E-state index is 0.0735. The van der Waals surface area contributed by atoms with Gasteiger partial charge in [0.25, 0.3) is 10.0 Å². The van der Waals surface area contributed by atoms with Crippen LogP contribution in [0.25, 0.3) is 0 Å². The van der Waals surface area contributed by atoms with E-state index in [1.165, 1.54) is 35.2 Å². The number of alkyl halides is 3. The Hall–Kier alpha value is -4.35. The van der Waals surface area contributed by atoms with Gasteiger partial charge in [-0.3, -0.25) is 13.9 Å². The molecule has 0 saturated carbocycles. The number of benzene rings is 4. The summed E-state index contributed by atoms with van der Waals surface area (Å²) in [5.74, 6) is -1.31. The van der Waals surface area contributed by atoms with Crippen LogP contribution in [0.15, 0.2) is 114 Å². The highest BCUT2D eigenvalue weighted by Gasteiger charge is 2.37. The lowest BCUT2D eigenvalue weighted by Crippen LogP contribution is -2.56. The first-order valence-electron chi connectivity index (χ1n) is 14.7. The van der Waals surface area contributed by atoms with Crippen molar-refractivity contribution in [2.45, 2.75) is 56.4 Å². The predicted octanol–water partition coefficient (Wildman–Crippen LogP) is 7.11. The van der Waals surface area contributed by atoms with Crippen LogP contribution in [0.5, 0.6) is 0 Å². The third-order valence-electron chi connectivity index (χ3n) is 7.08. The van der Waals surface area contributed by atoms with Crippen LogP contribution in [0.1, 0.15) is 37.5 Å². The van der Waals surface area contributed by atoms with Crippen LogP contribution >= 0.6 is 11.6 Å². The molecule has 1 atom stereocenters. The first-order chi connectivity index (χ1) is 22.0. The van der Waals surface area contributed by atoms with Crippen LogP contribution in [-0.4, -0.2) is 43.3 Å². The van der Waals surface area contributed by atoms with E-state index < -0.39 is 51.7 Å². The standard InChI is InChI=1S/C35H35ClF3N3O4S/c1-34(2,3)40-33(44)31(21-25-12-6-4-7-13-25)41(23-26-14-10-16-28(36)20-26)32(43)24-42(47(45,46)30-18-8-5-9-19-30)29-17-11-15-27(22-29)35(37,38)39/h4-20,22,31H,21,23-24H2,1-3H3,(H,40,44). The lowest BCUT2D eigenvalue weighted by atomic mass is 10.0. The quantitative estimate of drug-likeness (QED) is 0.182. The molecule has 4 aromatic carbocycles. The van der Waals surface area contributed by atoms with E-state index in [2.05, 4.69) is 5.32 Å². The summed E-state index contributed by atoms with van der Waals surface area (Å²) in [6.45, 7) is 4.32. The highest BCUT2D eigenvalue weighted by molar-refractivity contribution is 7.92. The first kappa shape index (κ1) is 35.5. The van der Waals surface area contributed by atoms with Gasteiger partial charge in [-0.2, -0.15) is 13.2 Å². The Labute approximate surface area is 278 Å². The second kappa shape index (κ2) is 14.6. The number of sulfonamides is 1. The van der Waals surface area contributed by atoms with Crippen LogP contribution in [0.2, 0.25) is 5.02 Å². The lowest BCUT2D eigenvalue weighted by Gasteiger charge is -2.35. The van der Waals surface area contributed by atoms with Gasteiger partial charge >= 0.3 is 6.18 Å². The van der Waals surface area contributed by atoms with Crippen molar-refractivity contribution in [3.05, 3.63) is 131 Å². The summed E-state index contributed by atoms with van der Waals surface area (Å²) in [6.07, 6.45) is -4.70. The Kier molecular flexibility index (Phi) is 11.0. The molecule has 0 saturated heterocycles. The molecule has 0 bridgehead atoms. The molecule has 0 spiro atoms. The fraction of sp³-hybridized carbons (Fsp3) is 0.257. The molecule has 0 aromatic heterocycles.